The fourth-order valence-corrected chi connectivity index (χ4v) is 2.80. The Morgan fingerprint density at radius 3 is 2.71 bits per heavy atom. The number of amides is 1. The zero-order chi connectivity index (χ0) is 15.2. The molecule has 21 heavy (non-hydrogen) atoms. The van der Waals surface area contributed by atoms with Gasteiger partial charge in [0, 0.05) is 25.8 Å². The van der Waals surface area contributed by atoms with Crippen molar-refractivity contribution in [3.05, 3.63) is 36.2 Å². The molecule has 0 bridgehead atoms. The van der Waals surface area contributed by atoms with Gasteiger partial charge in [-0.25, -0.2) is 0 Å². The molecule has 1 aromatic heterocycles. The Morgan fingerprint density at radius 2 is 2.05 bits per heavy atom. The van der Waals surface area contributed by atoms with Crippen molar-refractivity contribution in [1.82, 2.24) is 14.8 Å². The highest BCUT2D eigenvalue weighted by Gasteiger charge is 2.14. The third-order valence-corrected chi connectivity index (χ3v) is 4.05. The summed E-state index contributed by atoms with van der Waals surface area (Å²) in [7, 11) is 1.77. The van der Waals surface area contributed by atoms with Gasteiger partial charge in [-0.05, 0) is 19.1 Å². The molecule has 0 radical (unpaired) electrons. The molecule has 7 heteroatoms. The zero-order valence-electron chi connectivity index (χ0n) is 12.2. The van der Waals surface area contributed by atoms with Crippen LogP contribution in [0.2, 0.25) is 0 Å². The molecule has 0 fully saturated rings. The monoisotopic (exact) mass is 305 g/mol. The van der Waals surface area contributed by atoms with Crippen LogP contribution in [-0.2, 0) is 11.3 Å². The lowest BCUT2D eigenvalue weighted by Gasteiger charge is -2.16. The smallest absolute Gasteiger partial charge is 0.237 e. The Morgan fingerprint density at radius 1 is 1.33 bits per heavy atom. The molecule has 1 amide bonds. The number of benzene rings is 1. The van der Waals surface area contributed by atoms with Crippen molar-refractivity contribution in [2.75, 3.05) is 24.2 Å². The van der Waals surface area contributed by atoms with Crippen molar-refractivity contribution >= 4 is 23.4 Å². The van der Waals surface area contributed by atoms with Gasteiger partial charge in [-0.1, -0.05) is 30.0 Å². The number of hydrogen-bond donors (Lipinski definition) is 1. The fraction of sp³-hybridized carbons (Fsp3) is 0.357. The van der Waals surface area contributed by atoms with E-state index in [0.717, 1.165) is 16.7 Å². The van der Waals surface area contributed by atoms with Crippen molar-refractivity contribution in [2.24, 2.45) is 5.73 Å². The van der Waals surface area contributed by atoms with E-state index < -0.39 is 0 Å². The van der Waals surface area contributed by atoms with Crippen LogP contribution >= 0.6 is 11.8 Å². The van der Waals surface area contributed by atoms with Crippen molar-refractivity contribution in [3.8, 4) is 0 Å². The number of nitrogens with two attached hydrogens (primary N) is 1. The first kappa shape index (κ1) is 15.5. The highest BCUT2D eigenvalue weighted by molar-refractivity contribution is 7.99. The lowest BCUT2D eigenvalue weighted by molar-refractivity contribution is -0.115. The predicted octanol–water partition coefficient (Wildman–Crippen LogP) is 1.30. The van der Waals surface area contributed by atoms with Crippen molar-refractivity contribution < 1.29 is 4.79 Å². The second kappa shape index (κ2) is 7.24. The molecule has 2 aromatic rings. The summed E-state index contributed by atoms with van der Waals surface area (Å²) in [6.45, 7) is 3.05. The van der Waals surface area contributed by atoms with Crippen LogP contribution in [0, 0.1) is 6.92 Å². The summed E-state index contributed by atoms with van der Waals surface area (Å²) in [6, 6.07) is 9.56. The molecule has 0 aliphatic rings. The van der Waals surface area contributed by atoms with Crippen LogP contribution in [0.1, 0.15) is 5.82 Å². The molecule has 0 saturated carbocycles. The number of nitrogens with zero attached hydrogens (tertiary/aromatic N) is 4. The number of carbonyl (C=O) groups excluding carboxylic acids is 1. The van der Waals surface area contributed by atoms with Gasteiger partial charge >= 0.3 is 0 Å². The van der Waals surface area contributed by atoms with Gasteiger partial charge in [-0.15, -0.1) is 10.2 Å². The summed E-state index contributed by atoms with van der Waals surface area (Å²) in [6.07, 6.45) is 0. The van der Waals surface area contributed by atoms with Gasteiger partial charge in [0.2, 0.25) is 5.91 Å². The van der Waals surface area contributed by atoms with Crippen molar-refractivity contribution in [2.45, 2.75) is 18.6 Å². The van der Waals surface area contributed by atoms with Gasteiger partial charge in [0.25, 0.3) is 0 Å². The summed E-state index contributed by atoms with van der Waals surface area (Å²) >= 11 is 1.38. The van der Waals surface area contributed by atoms with E-state index in [0.29, 0.717) is 18.8 Å². The third-order valence-electron chi connectivity index (χ3n) is 3.10. The van der Waals surface area contributed by atoms with E-state index in [2.05, 4.69) is 10.2 Å². The Hall–Kier alpha value is -1.86. The normalized spacial score (nSPS) is 10.6. The van der Waals surface area contributed by atoms with Crippen LogP contribution in [0.3, 0.4) is 0 Å². The molecule has 0 atom stereocenters. The van der Waals surface area contributed by atoms with Crippen LogP contribution < -0.4 is 10.6 Å². The van der Waals surface area contributed by atoms with Gasteiger partial charge in [0.05, 0.1) is 5.75 Å². The summed E-state index contributed by atoms with van der Waals surface area (Å²) in [5.41, 5.74) is 6.45. The lowest BCUT2D eigenvalue weighted by atomic mass is 10.3. The van der Waals surface area contributed by atoms with Crippen LogP contribution in [0.25, 0.3) is 0 Å². The minimum absolute atomic E-state index is 0.0196. The summed E-state index contributed by atoms with van der Waals surface area (Å²) in [5.74, 6) is 1.15. The van der Waals surface area contributed by atoms with E-state index in [1.807, 2.05) is 41.8 Å². The minimum atomic E-state index is 0.0196. The molecule has 0 aliphatic heterocycles. The Bertz CT molecular complexity index is 599. The van der Waals surface area contributed by atoms with Crippen LogP contribution in [-0.4, -0.2) is 40.0 Å². The largest absolute Gasteiger partial charge is 0.329 e. The quantitative estimate of drug-likeness (QED) is 0.814. The summed E-state index contributed by atoms with van der Waals surface area (Å²) in [4.78, 5) is 13.9. The van der Waals surface area contributed by atoms with Crippen LogP contribution in [0.5, 0.6) is 0 Å². The standard InChI is InChI=1S/C14H19N5OS/c1-11-16-17-14(19(11)9-8-15)21-10-13(20)18(2)12-6-4-3-5-7-12/h3-7H,8-10,15H2,1-2H3. The number of carbonyl (C=O) groups is 1. The number of thioether (sulfide) groups is 1. The second-order valence-corrected chi connectivity index (χ2v) is 5.49. The molecule has 0 spiro atoms. The van der Waals surface area contributed by atoms with Gasteiger partial charge in [0.15, 0.2) is 5.16 Å². The summed E-state index contributed by atoms with van der Waals surface area (Å²) < 4.78 is 1.93. The Kier molecular flexibility index (Phi) is 5.35. The SMILES string of the molecule is Cc1nnc(SCC(=O)N(C)c2ccccc2)n1CCN. The molecule has 6 nitrogen and oxygen atoms in total. The molecule has 1 heterocycles. The Balaban J connectivity index is 1.98. The maximum atomic E-state index is 12.2. The number of anilines is 1. The Labute approximate surface area is 128 Å². The van der Waals surface area contributed by atoms with Gasteiger partial charge in [-0.2, -0.15) is 0 Å². The molecule has 0 aliphatic carbocycles. The van der Waals surface area contributed by atoms with E-state index in [1.54, 1.807) is 11.9 Å². The summed E-state index contributed by atoms with van der Waals surface area (Å²) in [5, 5.41) is 8.85. The molecule has 2 rings (SSSR count). The lowest BCUT2D eigenvalue weighted by Crippen LogP contribution is -2.28. The maximum Gasteiger partial charge on any atom is 0.237 e. The molecular formula is C14H19N5OS. The highest BCUT2D eigenvalue weighted by Crippen LogP contribution is 2.19. The van der Waals surface area contributed by atoms with Crippen LogP contribution in [0.15, 0.2) is 35.5 Å². The number of rotatable bonds is 6. The van der Waals surface area contributed by atoms with E-state index in [1.165, 1.54) is 11.8 Å². The first-order valence-corrected chi connectivity index (χ1v) is 7.66. The number of hydrogen-bond acceptors (Lipinski definition) is 5. The van der Waals surface area contributed by atoms with E-state index >= 15 is 0 Å². The molecule has 2 N–H and O–H groups in total. The van der Waals surface area contributed by atoms with Gasteiger partial charge < -0.3 is 15.2 Å². The predicted molar refractivity (Wildman–Crippen MR) is 84.4 cm³/mol. The molecule has 112 valence electrons. The fourth-order valence-electron chi connectivity index (χ4n) is 1.87. The molecule has 0 saturated heterocycles. The number of para-hydroxylation sites is 1. The number of aromatic nitrogens is 3. The van der Waals surface area contributed by atoms with E-state index in [4.69, 9.17) is 5.73 Å². The topological polar surface area (TPSA) is 77.0 Å². The highest BCUT2D eigenvalue weighted by atomic mass is 32.2. The first-order valence-electron chi connectivity index (χ1n) is 6.67. The van der Waals surface area contributed by atoms with Gasteiger partial charge in [0.1, 0.15) is 5.82 Å². The number of aryl methyl sites for hydroxylation is 1. The third kappa shape index (κ3) is 3.83. The van der Waals surface area contributed by atoms with Gasteiger partial charge in [-0.3, -0.25) is 4.79 Å². The average molecular weight is 305 g/mol. The first-order chi connectivity index (χ1) is 10.1. The maximum absolute atomic E-state index is 12.2. The average Bonchev–Trinajstić information content (AvgIpc) is 2.86. The second-order valence-electron chi connectivity index (χ2n) is 4.55. The molecule has 1 aromatic carbocycles. The van der Waals surface area contributed by atoms with E-state index in [9.17, 15) is 4.79 Å². The van der Waals surface area contributed by atoms with Crippen LogP contribution in [0.4, 0.5) is 5.69 Å². The van der Waals surface area contributed by atoms with Crippen molar-refractivity contribution in [3.63, 3.8) is 0 Å². The minimum Gasteiger partial charge on any atom is -0.329 e. The molecular weight excluding hydrogens is 286 g/mol. The van der Waals surface area contributed by atoms with Crippen molar-refractivity contribution in [1.29, 1.82) is 0 Å². The molecule has 0 unspecified atom stereocenters. The zero-order valence-corrected chi connectivity index (χ0v) is 13.0. The van der Waals surface area contributed by atoms with E-state index in [-0.39, 0.29) is 5.91 Å².